The number of aliphatic hydroxyl groups excluding tert-OH is 4. The Hall–Kier alpha value is -0.990. The molecular formula is C9H14O7. The number of hydrogen-bond donors (Lipinski definition) is 4. The van der Waals surface area contributed by atoms with Crippen molar-refractivity contribution < 1.29 is 34.7 Å². The van der Waals surface area contributed by atoms with Gasteiger partial charge in [-0.25, -0.2) is 4.79 Å². The van der Waals surface area contributed by atoms with Crippen LogP contribution in [0.5, 0.6) is 0 Å². The molecule has 0 unspecified atom stereocenters. The minimum Gasteiger partial charge on any atom is -0.459 e. The normalized spacial score (nSPS) is 39.1. The molecule has 1 heterocycles. The number of aliphatic hydroxyl groups is 4. The second kappa shape index (κ2) is 5.37. The maximum Gasteiger partial charge on any atom is 0.338 e. The van der Waals surface area contributed by atoms with Gasteiger partial charge in [0.05, 0.1) is 0 Å². The lowest BCUT2D eigenvalue weighted by Crippen LogP contribution is -2.59. The summed E-state index contributed by atoms with van der Waals surface area (Å²) in [7, 11) is 0. The van der Waals surface area contributed by atoms with Gasteiger partial charge in [-0.05, 0) is 0 Å². The molecular weight excluding hydrogens is 220 g/mol. The van der Waals surface area contributed by atoms with Crippen molar-refractivity contribution in [2.24, 2.45) is 0 Å². The van der Waals surface area contributed by atoms with Crippen LogP contribution < -0.4 is 0 Å². The first-order chi connectivity index (χ1) is 7.49. The van der Waals surface area contributed by atoms with E-state index in [-0.39, 0.29) is 6.61 Å². The van der Waals surface area contributed by atoms with Gasteiger partial charge in [0.2, 0.25) is 0 Å². The summed E-state index contributed by atoms with van der Waals surface area (Å²) in [6.45, 7) is 3.24. The lowest BCUT2D eigenvalue weighted by Gasteiger charge is -2.36. The number of carbonyl (C=O) groups is 1. The number of carbonyl (C=O) groups excluding carboxylic acids is 1. The molecule has 0 amide bonds. The van der Waals surface area contributed by atoms with Gasteiger partial charge in [0, 0.05) is 0 Å². The molecule has 7 nitrogen and oxygen atoms in total. The van der Waals surface area contributed by atoms with Crippen molar-refractivity contribution in [3.05, 3.63) is 12.7 Å². The molecule has 16 heavy (non-hydrogen) atoms. The van der Waals surface area contributed by atoms with Crippen molar-refractivity contribution in [1.29, 1.82) is 0 Å². The number of hydrogen-bond acceptors (Lipinski definition) is 7. The third-order valence-corrected chi connectivity index (χ3v) is 2.16. The molecule has 92 valence electrons. The highest BCUT2D eigenvalue weighted by molar-refractivity contribution is 5.75. The average Bonchev–Trinajstić information content (AvgIpc) is 2.28. The van der Waals surface area contributed by atoms with E-state index in [0.29, 0.717) is 0 Å². The molecule has 0 aromatic rings. The van der Waals surface area contributed by atoms with Gasteiger partial charge in [0.25, 0.3) is 0 Å². The van der Waals surface area contributed by atoms with E-state index in [4.69, 9.17) is 10.2 Å². The van der Waals surface area contributed by atoms with Gasteiger partial charge in [0.15, 0.2) is 12.4 Å². The average molecular weight is 234 g/mol. The van der Waals surface area contributed by atoms with Crippen molar-refractivity contribution in [3.63, 3.8) is 0 Å². The van der Waals surface area contributed by atoms with Crippen LogP contribution in [0.25, 0.3) is 0 Å². The SMILES string of the molecule is C=CCOC(=O)[C@H]1O[C@@H](O)[C@@H](O)[C@@H](O)[C@@H]1O. The molecule has 0 aliphatic carbocycles. The zero-order valence-corrected chi connectivity index (χ0v) is 8.39. The molecule has 0 bridgehead atoms. The minimum absolute atomic E-state index is 0.0832. The number of rotatable bonds is 3. The Kier molecular flexibility index (Phi) is 4.39. The molecule has 0 aromatic heterocycles. The smallest absolute Gasteiger partial charge is 0.338 e. The zero-order valence-electron chi connectivity index (χ0n) is 8.39. The van der Waals surface area contributed by atoms with Crippen LogP contribution >= 0.6 is 0 Å². The van der Waals surface area contributed by atoms with Crippen LogP contribution in [0.1, 0.15) is 0 Å². The molecule has 0 radical (unpaired) electrons. The fraction of sp³-hybridized carbons (Fsp3) is 0.667. The fourth-order valence-electron chi connectivity index (χ4n) is 1.28. The predicted molar refractivity (Wildman–Crippen MR) is 50.1 cm³/mol. The van der Waals surface area contributed by atoms with E-state index < -0.39 is 36.7 Å². The Morgan fingerprint density at radius 1 is 1.25 bits per heavy atom. The van der Waals surface area contributed by atoms with Gasteiger partial charge >= 0.3 is 5.97 Å². The first kappa shape index (κ1) is 13.1. The van der Waals surface area contributed by atoms with Crippen LogP contribution in [0.2, 0.25) is 0 Å². The first-order valence-electron chi connectivity index (χ1n) is 4.64. The molecule has 1 rings (SSSR count). The maximum absolute atomic E-state index is 11.3. The van der Waals surface area contributed by atoms with E-state index in [9.17, 15) is 15.0 Å². The second-order valence-electron chi connectivity index (χ2n) is 3.34. The van der Waals surface area contributed by atoms with Gasteiger partial charge in [-0.2, -0.15) is 0 Å². The molecule has 4 N–H and O–H groups in total. The predicted octanol–water partition coefficient (Wildman–Crippen LogP) is -2.48. The van der Waals surface area contributed by atoms with Crippen molar-refractivity contribution in [2.75, 3.05) is 6.61 Å². The molecule has 1 saturated heterocycles. The standard InChI is InChI=1S/C9H14O7/c1-2-3-15-9(14)7-5(11)4(10)6(12)8(13)16-7/h2,4-8,10-13H,1,3H2/t4-,5-,6-,7-,8+/m0/s1. The Balaban J connectivity index is 2.66. The molecule has 0 aromatic carbocycles. The lowest BCUT2D eigenvalue weighted by molar-refractivity contribution is -0.280. The summed E-state index contributed by atoms with van der Waals surface area (Å²) in [4.78, 5) is 11.3. The highest BCUT2D eigenvalue weighted by Crippen LogP contribution is 2.20. The van der Waals surface area contributed by atoms with Gasteiger partial charge in [-0.3, -0.25) is 0 Å². The van der Waals surface area contributed by atoms with Crippen LogP contribution in [0, 0.1) is 0 Å². The largest absolute Gasteiger partial charge is 0.459 e. The Labute approximate surface area is 91.5 Å². The Morgan fingerprint density at radius 3 is 2.44 bits per heavy atom. The van der Waals surface area contributed by atoms with Gasteiger partial charge < -0.3 is 29.9 Å². The van der Waals surface area contributed by atoms with E-state index >= 15 is 0 Å². The summed E-state index contributed by atoms with van der Waals surface area (Å²) in [6.07, 6.45) is -6.97. The van der Waals surface area contributed by atoms with Crippen molar-refractivity contribution in [2.45, 2.75) is 30.7 Å². The van der Waals surface area contributed by atoms with E-state index in [1.807, 2.05) is 0 Å². The third kappa shape index (κ3) is 2.57. The van der Waals surface area contributed by atoms with Crippen LogP contribution in [0.15, 0.2) is 12.7 Å². The third-order valence-electron chi connectivity index (χ3n) is 2.16. The van der Waals surface area contributed by atoms with Crippen molar-refractivity contribution in [3.8, 4) is 0 Å². The van der Waals surface area contributed by atoms with Crippen LogP contribution in [-0.2, 0) is 14.3 Å². The molecule has 1 aliphatic rings. The first-order valence-corrected chi connectivity index (χ1v) is 4.64. The van der Waals surface area contributed by atoms with Crippen molar-refractivity contribution in [1.82, 2.24) is 0 Å². The number of ether oxygens (including phenoxy) is 2. The maximum atomic E-state index is 11.3. The summed E-state index contributed by atoms with van der Waals surface area (Å²) < 4.78 is 9.21. The molecule has 5 atom stereocenters. The van der Waals surface area contributed by atoms with Gasteiger partial charge in [-0.15, -0.1) is 0 Å². The van der Waals surface area contributed by atoms with Gasteiger partial charge in [-0.1, -0.05) is 12.7 Å². The van der Waals surface area contributed by atoms with E-state index in [1.165, 1.54) is 6.08 Å². The van der Waals surface area contributed by atoms with E-state index in [1.54, 1.807) is 0 Å². The molecule has 0 spiro atoms. The quantitative estimate of drug-likeness (QED) is 0.315. The van der Waals surface area contributed by atoms with Crippen LogP contribution in [-0.4, -0.2) is 63.7 Å². The fourth-order valence-corrected chi connectivity index (χ4v) is 1.28. The summed E-state index contributed by atoms with van der Waals surface area (Å²) >= 11 is 0. The molecule has 1 fully saturated rings. The highest BCUT2D eigenvalue weighted by Gasteiger charge is 2.46. The molecule has 0 saturated carbocycles. The lowest BCUT2D eigenvalue weighted by atomic mass is 9.99. The summed E-state index contributed by atoms with van der Waals surface area (Å²) in [5, 5.41) is 37.0. The minimum atomic E-state index is -1.75. The Morgan fingerprint density at radius 2 is 1.88 bits per heavy atom. The summed E-state index contributed by atoms with van der Waals surface area (Å²) in [6, 6.07) is 0. The number of esters is 1. The summed E-state index contributed by atoms with van der Waals surface area (Å²) in [5.74, 6) is -0.947. The monoisotopic (exact) mass is 234 g/mol. The van der Waals surface area contributed by atoms with Crippen molar-refractivity contribution >= 4 is 5.97 Å². The zero-order chi connectivity index (χ0) is 12.3. The van der Waals surface area contributed by atoms with Crippen LogP contribution in [0.4, 0.5) is 0 Å². The molecule has 1 aliphatic heterocycles. The molecule has 7 heteroatoms. The Bertz CT molecular complexity index is 267. The topological polar surface area (TPSA) is 116 Å². The van der Waals surface area contributed by atoms with E-state index in [0.717, 1.165) is 0 Å². The van der Waals surface area contributed by atoms with E-state index in [2.05, 4.69) is 16.1 Å². The van der Waals surface area contributed by atoms with Crippen LogP contribution in [0.3, 0.4) is 0 Å². The highest BCUT2D eigenvalue weighted by atomic mass is 16.7. The second-order valence-corrected chi connectivity index (χ2v) is 3.34. The van der Waals surface area contributed by atoms with Gasteiger partial charge in [0.1, 0.15) is 24.9 Å². The summed E-state index contributed by atoms with van der Waals surface area (Å²) in [5.41, 5.74) is 0.